The average Bonchev–Trinajstić information content (AvgIpc) is 2.87. The van der Waals surface area contributed by atoms with E-state index in [4.69, 9.17) is 0 Å². The van der Waals surface area contributed by atoms with Crippen molar-refractivity contribution in [3.63, 3.8) is 0 Å². The molecule has 0 saturated carbocycles. The van der Waals surface area contributed by atoms with E-state index in [1.807, 2.05) is 31.4 Å². The van der Waals surface area contributed by atoms with Crippen LogP contribution in [0.1, 0.15) is 37.9 Å². The summed E-state index contributed by atoms with van der Waals surface area (Å²) in [6.07, 6.45) is 11.3. The van der Waals surface area contributed by atoms with E-state index in [-0.39, 0.29) is 10.8 Å². The third kappa shape index (κ3) is 4.66. The number of pyridine rings is 1. The van der Waals surface area contributed by atoms with Gasteiger partial charge in [0.15, 0.2) is 5.88 Å². The molecule has 2 aromatic rings. The summed E-state index contributed by atoms with van der Waals surface area (Å²) in [6, 6.07) is 3.21. The van der Waals surface area contributed by atoms with Crippen LogP contribution in [0.25, 0.3) is 23.4 Å². The lowest BCUT2D eigenvalue weighted by molar-refractivity contribution is 0.222. The van der Waals surface area contributed by atoms with Gasteiger partial charge in [-0.2, -0.15) is 4.31 Å². The Morgan fingerprint density at radius 1 is 1.10 bits per heavy atom. The maximum Gasteiger partial charge on any atom is 0.244 e. The molecule has 7 nitrogen and oxygen atoms in total. The minimum Gasteiger partial charge on any atom is -0.494 e. The van der Waals surface area contributed by atoms with Crippen molar-refractivity contribution in [1.29, 1.82) is 0 Å². The lowest BCUT2D eigenvalue weighted by Gasteiger charge is -2.31. The Labute approximate surface area is 178 Å². The van der Waals surface area contributed by atoms with Gasteiger partial charge in [0.05, 0.1) is 11.3 Å². The number of piperazine rings is 1. The number of allylic oxidation sites excluding steroid dienone is 2. The molecule has 0 bridgehead atoms. The van der Waals surface area contributed by atoms with Crippen LogP contribution >= 0.6 is 0 Å². The highest BCUT2D eigenvalue weighted by Gasteiger charge is 2.28. The van der Waals surface area contributed by atoms with Gasteiger partial charge in [-0.25, -0.2) is 8.42 Å². The van der Waals surface area contributed by atoms with Gasteiger partial charge in [-0.05, 0) is 31.7 Å². The predicted octanol–water partition coefficient (Wildman–Crippen LogP) is 3.56. The molecule has 8 heteroatoms. The Kier molecular flexibility index (Phi) is 7.12. The van der Waals surface area contributed by atoms with Crippen molar-refractivity contribution < 1.29 is 13.5 Å². The minimum absolute atomic E-state index is 0.0263. The van der Waals surface area contributed by atoms with Crippen LogP contribution in [0.3, 0.4) is 0 Å². The van der Waals surface area contributed by atoms with Crippen LogP contribution < -0.4 is 0 Å². The van der Waals surface area contributed by atoms with Gasteiger partial charge in [-0.15, -0.1) is 0 Å². The summed E-state index contributed by atoms with van der Waals surface area (Å²) < 4.78 is 27.2. The summed E-state index contributed by atoms with van der Waals surface area (Å²) >= 11 is 0. The summed E-state index contributed by atoms with van der Waals surface area (Å²) in [4.78, 5) is 9.57. The second kappa shape index (κ2) is 9.59. The number of aromatic nitrogens is 2. The zero-order chi connectivity index (χ0) is 21.7. The second-order valence-electron chi connectivity index (χ2n) is 7.51. The van der Waals surface area contributed by atoms with E-state index in [9.17, 15) is 13.5 Å². The molecule has 0 spiro atoms. The Hall–Kier alpha value is -2.42. The molecule has 2 aromatic heterocycles. The molecule has 30 heavy (non-hydrogen) atoms. The van der Waals surface area contributed by atoms with Crippen LogP contribution in [0.2, 0.25) is 0 Å². The quantitative estimate of drug-likeness (QED) is 0.777. The third-order valence-electron chi connectivity index (χ3n) is 4.98. The smallest absolute Gasteiger partial charge is 0.244 e. The molecule has 3 heterocycles. The molecule has 1 aliphatic heterocycles. The molecule has 1 aliphatic carbocycles. The lowest BCUT2D eigenvalue weighted by atomic mass is 10.1. The molecular formula is C22H30N4O3S. The SMILES string of the molecule is CCC.CN1CCN(S(=O)(=O)c2ccc(-c3c(O)[nH]c4c3C=CCC=C4)nc2)CC1. The van der Waals surface area contributed by atoms with Gasteiger partial charge >= 0.3 is 0 Å². The number of fused-ring (bicyclic) bond motifs is 1. The van der Waals surface area contributed by atoms with Crippen LogP contribution in [0.15, 0.2) is 35.4 Å². The van der Waals surface area contributed by atoms with Gasteiger partial charge in [0.25, 0.3) is 0 Å². The Bertz CT molecular complexity index is 1020. The zero-order valence-corrected chi connectivity index (χ0v) is 18.6. The van der Waals surface area contributed by atoms with Crippen molar-refractivity contribution in [3.05, 3.63) is 41.7 Å². The molecule has 2 aliphatic rings. The molecule has 4 rings (SSSR count). The zero-order valence-electron chi connectivity index (χ0n) is 17.8. The molecule has 162 valence electrons. The number of nitrogens with zero attached hydrogens (tertiary/aromatic N) is 3. The van der Waals surface area contributed by atoms with Gasteiger partial charge in [-0.1, -0.05) is 38.5 Å². The van der Waals surface area contributed by atoms with E-state index < -0.39 is 10.0 Å². The highest BCUT2D eigenvalue weighted by atomic mass is 32.2. The first-order valence-corrected chi connectivity index (χ1v) is 11.8. The number of sulfonamides is 1. The van der Waals surface area contributed by atoms with Crippen molar-refractivity contribution in [2.45, 2.75) is 31.6 Å². The third-order valence-corrected chi connectivity index (χ3v) is 6.87. The fourth-order valence-electron chi connectivity index (χ4n) is 3.39. The van der Waals surface area contributed by atoms with Crippen LogP contribution in [-0.2, 0) is 10.0 Å². The number of nitrogens with one attached hydrogen (secondary N) is 1. The summed E-state index contributed by atoms with van der Waals surface area (Å²) in [7, 11) is -1.57. The largest absolute Gasteiger partial charge is 0.494 e. The van der Waals surface area contributed by atoms with E-state index in [0.29, 0.717) is 37.4 Å². The molecule has 0 unspecified atom stereocenters. The molecule has 0 atom stereocenters. The Balaban J connectivity index is 0.000000806. The maximum absolute atomic E-state index is 12.8. The van der Waals surface area contributed by atoms with Crippen molar-refractivity contribution in [2.75, 3.05) is 33.2 Å². The van der Waals surface area contributed by atoms with Crippen LogP contribution in [0.4, 0.5) is 0 Å². The summed E-state index contributed by atoms with van der Waals surface area (Å²) in [6.45, 7) is 6.63. The maximum atomic E-state index is 12.8. The first-order valence-electron chi connectivity index (χ1n) is 10.3. The topological polar surface area (TPSA) is 89.5 Å². The highest BCUT2D eigenvalue weighted by Crippen LogP contribution is 2.36. The van der Waals surface area contributed by atoms with Crippen molar-refractivity contribution in [2.24, 2.45) is 0 Å². The number of hydrogen-bond donors (Lipinski definition) is 2. The van der Waals surface area contributed by atoms with Crippen LogP contribution in [-0.4, -0.2) is 65.9 Å². The Morgan fingerprint density at radius 2 is 1.77 bits per heavy atom. The fourth-order valence-corrected chi connectivity index (χ4v) is 4.76. The van der Waals surface area contributed by atoms with Gasteiger partial charge in [-0.3, -0.25) is 4.98 Å². The monoisotopic (exact) mass is 430 g/mol. The molecular weight excluding hydrogens is 400 g/mol. The van der Waals surface area contributed by atoms with E-state index in [0.717, 1.165) is 17.7 Å². The van der Waals surface area contributed by atoms with Gasteiger partial charge in [0.1, 0.15) is 4.90 Å². The molecule has 0 aromatic carbocycles. The Morgan fingerprint density at radius 3 is 2.40 bits per heavy atom. The molecule has 0 amide bonds. The number of hydrogen-bond acceptors (Lipinski definition) is 5. The first-order chi connectivity index (χ1) is 14.4. The van der Waals surface area contributed by atoms with E-state index in [1.165, 1.54) is 16.9 Å². The van der Waals surface area contributed by atoms with Crippen molar-refractivity contribution in [1.82, 2.24) is 19.2 Å². The number of aromatic hydroxyl groups is 1. The van der Waals surface area contributed by atoms with E-state index in [1.54, 1.807) is 12.1 Å². The minimum atomic E-state index is -3.56. The van der Waals surface area contributed by atoms with Crippen molar-refractivity contribution >= 4 is 22.2 Å². The van der Waals surface area contributed by atoms with Crippen LogP contribution in [0, 0.1) is 0 Å². The average molecular weight is 431 g/mol. The predicted molar refractivity (Wildman–Crippen MR) is 121 cm³/mol. The number of aromatic amines is 1. The molecule has 1 saturated heterocycles. The van der Waals surface area contributed by atoms with Gasteiger partial charge < -0.3 is 15.0 Å². The summed E-state index contributed by atoms with van der Waals surface area (Å²) in [5.41, 5.74) is 2.77. The summed E-state index contributed by atoms with van der Waals surface area (Å²) in [5, 5.41) is 10.3. The molecule has 1 fully saturated rings. The second-order valence-corrected chi connectivity index (χ2v) is 9.45. The van der Waals surface area contributed by atoms with Gasteiger partial charge in [0, 0.05) is 43.6 Å². The first kappa shape index (κ1) is 22.3. The fraction of sp³-hybridized carbons (Fsp3) is 0.409. The highest BCUT2D eigenvalue weighted by molar-refractivity contribution is 7.89. The lowest BCUT2D eigenvalue weighted by Crippen LogP contribution is -2.47. The van der Waals surface area contributed by atoms with E-state index >= 15 is 0 Å². The number of likely N-dealkylation sites (N-methyl/N-ethyl adjacent to an activating group) is 1. The summed E-state index contributed by atoms with van der Waals surface area (Å²) in [5.74, 6) is 0.0263. The number of H-pyrrole nitrogens is 1. The van der Waals surface area contributed by atoms with Gasteiger partial charge in [0.2, 0.25) is 10.0 Å². The van der Waals surface area contributed by atoms with Crippen molar-refractivity contribution in [3.8, 4) is 17.1 Å². The molecule has 0 radical (unpaired) electrons. The van der Waals surface area contributed by atoms with E-state index in [2.05, 4.69) is 28.7 Å². The number of rotatable bonds is 3. The molecule has 2 N–H and O–H groups in total. The normalized spacial score (nSPS) is 17.2. The van der Waals surface area contributed by atoms with Crippen LogP contribution in [0.5, 0.6) is 5.88 Å². The standard InChI is InChI=1S/C19H22N4O3S.C3H8/c1-22-9-11-23(12-10-22)27(25,26)14-7-8-17(20-13-14)18-15-5-3-2-4-6-16(15)21-19(18)24;1-3-2/h3-8,13,21,24H,2,9-12H2,1H3;3H2,1-2H3.